The van der Waals surface area contributed by atoms with Crippen LogP contribution in [-0.2, 0) is 23.5 Å². The minimum absolute atomic E-state index is 0.0300. The summed E-state index contributed by atoms with van der Waals surface area (Å²) in [6.45, 7) is 2.70. The fraction of sp³-hybridized carbons (Fsp3) is 0.471. The first-order chi connectivity index (χ1) is 13.9. The van der Waals surface area contributed by atoms with Crippen molar-refractivity contribution in [3.8, 4) is 11.6 Å². The lowest BCUT2D eigenvalue weighted by Crippen LogP contribution is -2.50. The molecule has 4 rings (SSSR count). The molecule has 2 aliphatic heterocycles. The normalized spacial score (nSPS) is 22.3. The smallest absolute Gasteiger partial charge is 0.405 e. The van der Waals surface area contributed by atoms with E-state index in [1.807, 2.05) is 11.0 Å². The van der Waals surface area contributed by atoms with Crippen molar-refractivity contribution in [1.29, 1.82) is 0 Å². The molecule has 0 aliphatic carbocycles. The number of nitrogens with zero attached hydrogens (tertiary/aromatic N) is 3. The Morgan fingerprint density at radius 2 is 2.03 bits per heavy atom. The molecule has 0 amide bonds. The lowest BCUT2D eigenvalue weighted by molar-refractivity contribution is -0.115. The molecule has 2 aliphatic rings. The average Bonchev–Trinajstić information content (AvgIpc) is 3.12. The molecule has 0 saturated carbocycles. The molecule has 1 atom stereocenters. The molecular formula is C17H19Cl2N3O6S. The highest BCUT2D eigenvalue weighted by atomic mass is 35.5. The maximum atomic E-state index is 10.9. The van der Waals surface area contributed by atoms with E-state index in [1.165, 1.54) is 0 Å². The lowest BCUT2D eigenvalue weighted by atomic mass is 10.2. The van der Waals surface area contributed by atoms with E-state index in [2.05, 4.69) is 13.5 Å². The molecule has 1 unspecified atom stereocenters. The summed E-state index contributed by atoms with van der Waals surface area (Å²) in [6.07, 6.45) is 1.68. The summed E-state index contributed by atoms with van der Waals surface area (Å²) in [4.78, 5) is 2.05. The van der Waals surface area contributed by atoms with E-state index in [0.29, 0.717) is 55.2 Å². The Balaban J connectivity index is 1.23. The predicted molar refractivity (Wildman–Crippen MR) is 105 cm³/mol. The Hall–Kier alpha value is -1.40. The van der Waals surface area contributed by atoms with Gasteiger partial charge in [0.25, 0.3) is 0 Å². The number of hydrogen-bond donors (Lipinski definition) is 0. The fourth-order valence-corrected chi connectivity index (χ4v) is 4.07. The SMILES string of the molecule is O=S1(=O)OC(CN2CCOC(CCOc3ccn(-c4ccc(Cl)c(Cl)c4)n3)C2)O1. The van der Waals surface area contributed by atoms with Crippen molar-refractivity contribution in [2.45, 2.75) is 18.8 Å². The molecule has 0 spiro atoms. The first kappa shape index (κ1) is 20.9. The maximum absolute atomic E-state index is 10.9. The largest absolute Gasteiger partial charge is 0.476 e. The molecule has 0 radical (unpaired) electrons. The van der Waals surface area contributed by atoms with Crippen molar-refractivity contribution < 1.29 is 26.3 Å². The van der Waals surface area contributed by atoms with E-state index in [4.69, 9.17) is 32.7 Å². The number of benzene rings is 1. The summed E-state index contributed by atoms with van der Waals surface area (Å²) >= 11 is 12.0. The summed E-state index contributed by atoms with van der Waals surface area (Å²) in [5.41, 5.74) is 0.781. The van der Waals surface area contributed by atoms with E-state index in [1.54, 1.807) is 29.1 Å². The van der Waals surface area contributed by atoms with Gasteiger partial charge in [0.2, 0.25) is 12.2 Å². The number of aromatic nitrogens is 2. The zero-order valence-electron chi connectivity index (χ0n) is 15.2. The lowest BCUT2D eigenvalue weighted by Gasteiger charge is -2.36. The van der Waals surface area contributed by atoms with Crippen molar-refractivity contribution in [3.63, 3.8) is 0 Å². The second-order valence-electron chi connectivity index (χ2n) is 6.62. The van der Waals surface area contributed by atoms with E-state index in [9.17, 15) is 8.42 Å². The van der Waals surface area contributed by atoms with Gasteiger partial charge in [-0.25, -0.2) is 13.0 Å². The second-order valence-corrected chi connectivity index (χ2v) is 8.63. The summed E-state index contributed by atoms with van der Waals surface area (Å²) < 4.78 is 44.2. The van der Waals surface area contributed by atoms with Gasteiger partial charge in [0.1, 0.15) is 0 Å². The number of ether oxygens (including phenoxy) is 2. The highest BCUT2D eigenvalue weighted by Crippen LogP contribution is 2.25. The Kier molecular flexibility index (Phi) is 6.30. The van der Waals surface area contributed by atoms with Crippen LogP contribution in [0.2, 0.25) is 10.0 Å². The van der Waals surface area contributed by atoms with Crippen molar-refractivity contribution >= 4 is 33.6 Å². The first-order valence-electron chi connectivity index (χ1n) is 8.97. The minimum Gasteiger partial charge on any atom is -0.476 e. The van der Waals surface area contributed by atoms with Crippen LogP contribution in [0, 0.1) is 0 Å². The minimum atomic E-state index is -3.76. The summed E-state index contributed by atoms with van der Waals surface area (Å²) in [6, 6.07) is 7.02. The Morgan fingerprint density at radius 3 is 2.79 bits per heavy atom. The standard InChI is InChI=1S/C17H19Cl2N3O6S/c18-14-2-1-12(9-15(14)19)22-5-3-16(20-22)26-7-4-13-10-21(6-8-25-13)11-17-27-29(23,24)28-17/h1-3,5,9,13,17H,4,6-8,10-11H2. The van der Waals surface area contributed by atoms with Crippen LogP contribution in [0.3, 0.4) is 0 Å². The van der Waals surface area contributed by atoms with Gasteiger partial charge < -0.3 is 9.47 Å². The van der Waals surface area contributed by atoms with Gasteiger partial charge in [0.15, 0.2) is 0 Å². The summed E-state index contributed by atoms with van der Waals surface area (Å²) in [5, 5.41) is 5.31. The van der Waals surface area contributed by atoms with Crippen molar-refractivity contribution in [1.82, 2.24) is 14.7 Å². The van der Waals surface area contributed by atoms with Gasteiger partial charge >= 0.3 is 10.4 Å². The molecule has 9 nitrogen and oxygen atoms in total. The molecule has 3 heterocycles. The topological polar surface area (TPSA) is 92.1 Å². The van der Waals surface area contributed by atoms with Crippen LogP contribution in [0.15, 0.2) is 30.5 Å². The Morgan fingerprint density at radius 1 is 1.21 bits per heavy atom. The highest BCUT2D eigenvalue weighted by molar-refractivity contribution is 7.82. The van der Waals surface area contributed by atoms with Crippen molar-refractivity contribution in [2.24, 2.45) is 0 Å². The molecule has 29 heavy (non-hydrogen) atoms. The zero-order valence-corrected chi connectivity index (χ0v) is 17.6. The van der Waals surface area contributed by atoms with Gasteiger partial charge in [-0.05, 0) is 18.2 Å². The van der Waals surface area contributed by atoms with Gasteiger partial charge in [0, 0.05) is 31.8 Å². The highest BCUT2D eigenvalue weighted by Gasteiger charge is 2.38. The maximum Gasteiger partial charge on any atom is 0.405 e. The molecule has 0 bridgehead atoms. The van der Waals surface area contributed by atoms with Crippen LogP contribution in [0.4, 0.5) is 0 Å². The van der Waals surface area contributed by atoms with Crippen LogP contribution >= 0.6 is 23.2 Å². The van der Waals surface area contributed by atoms with Crippen LogP contribution < -0.4 is 4.74 Å². The zero-order chi connectivity index (χ0) is 20.4. The van der Waals surface area contributed by atoms with Gasteiger partial charge in [-0.2, -0.15) is 8.42 Å². The molecule has 2 saturated heterocycles. The fourth-order valence-electron chi connectivity index (χ4n) is 3.11. The monoisotopic (exact) mass is 463 g/mol. The molecule has 0 N–H and O–H groups in total. The Bertz CT molecular complexity index is 958. The van der Waals surface area contributed by atoms with E-state index in [0.717, 1.165) is 5.69 Å². The Labute approximate surface area is 178 Å². The summed E-state index contributed by atoms with van der Waals surface area (Å²) in [5.74, 6) is 0.491. The van der Waals surface area contributed by atoms with E-state index in [-0.39, 0.29) is 6.10 Å². The molecule has 1 aromatic carbocycles. The number of halogens is 2. The van der Waals surface area contributed by atoms with Gasteiger partial charge in [-0.3, -0.25) is 4.90 Å². The van der Waals surface area contributed by atoms with Gasteiger partial charge in [-0.15, -0.1) is 5.10 Å². The van der Waals surface area contributed by atoms with Crippen LogP contribution in [0.1, 0.15) is 6.42 Å². The van der Waals surface area contributed by atoms with Gasteiger partial charge in [0.05, 0.1) is 41.6 Å². The molecule has 1 aromatic heterocycles. The van der Waals surface area contributed by atoms with Crippen LogP contribution in [0.25, 0.3) is 5.69 Å². The van der Waals surface area contributed by atoms with Crippen molar-refractivity contribution in [2.75, 3.05) is 32.8 Å². The number of morpholine rings is 1. The summed E-state index contributed by atoms with van der Waals surface area (Å²) in [7, 11) is -3.76. The van der Waals surface area contributed by atoms with E-state index >= 15 is 0 Å². The average molecular weight is 464 g/mol. The third-order valence-electron chi connectivity index (χ3n) is 4.50. The quantitative estimate of drug-likeness (QED) is 0.617. The van der Waals surface area contributed by atoms with Crippen LogP contribution in [-0.4, -0.2) is 68.3 Å². The molecule has 2 fully saturated rings. The number of hydrogen-bond acceptors (Lipinski definition) is 8. The second kappa shape index (κ2) is 8.76. The third-order valence-corrected chi connectivity index (χ3v) is 6.14. The first-order valence-corrected chi connectivity index (χ1v) is 11.1. The predicted octanol–water partition coefficient (Wildman–Crippen LogP) is 2.27. The number of rotatable bonds is 7. The molecule has 12 heteroatoms. The molecule has 2 aromatic rings. The van der Waals surface area contributed by atoms with Crippen molar-refractivity contribution in [3.05, 3.63) is 40.5 Å². The molecular weight excluding hydrogens is 445 g/mol. The molecule has 158 valence electrons. The van der Waals surface area contributed by atoms with Crippen LogP contribution in [0.5, 0.6) is 5.88 Å². The van der Waals surface area contributed by atoms with E-state index < -0.39 is 16.7 Å². The third kappa shape index (κ3) is 5.40. The van der Waals surface area contributed by atoms with Gasteiger partial charge in [-0.1, -0.05) is 23.2 Å².